The fourth-order valence-electron chi connectivity index (χ4n) is 2.64. The van der Waals surface area contributed by atoms with E-state index in [4.69, 9.17) is 4.52 Å². The molecule has 1 aliphatic rings. The highest BCUT2D eigenvalue weighted by Gasteiger charge is 2.21. The van der Waals surface area contributed by atoms with Gasteiger partial charge in [0.25, 0.3) is 0 Å². The van der Waals surface area contributed by atoms with Crippen LogP contribution in [0, 0.1) is 0 Å². The van der Waals surface area contributed by atoms with Gasteiger partial charge in [0.15, 0.2) is 5.76 Å². The fourth-order valence-corrected chi connectivity index (χ4v) is 2.64. The molecule has 1 aromatic rings. The Morgan fingerprint density at radius 3 is 2.70 bits per heavy atom. The van der Waals surface area contributed by atoms with E-state index in [1.807, 2.05) is 0 Å². The molecule has 1 aliphatic heterocycles. The summed E-state index contributed by atoms with van der Waals surface area (Å²) < 4.78 is 5.43. The van der Waals surface area contributed by atoms with Gasteiger partial charge in [-0.15, -0.1) is 0 Å². The summed E-state index contributed by atoms with van der Waals surface area (Å²) in [4.78, 5) is 4.79. The van der Waals surface area contributed by atoms with Crippen molar-refractivity contribution in [3.05, 3.63) is 17.5 Å². The molecule has 0 bridgehead atoms. The predicted molar refractivity (Wildman–Crippen MR) is 80.5 cm³/mol. The number of hydrogen-bond acceptors (Lipinski definition) is 5. The van der Waals surface area contributed by atoms with Crippen molar-refractivity contribution in [2.45, 2.75) is 51.9 Å². The van der Waals surface area contributed by atoms with Crippen molar-refractivity contribution in [2.24, 2.45) is 0 Å². The number of nitrogens with one attached hydrogen (secondary N) is 1. The minimum absolute atomic E-state index is 0.472. The minimum Gasteiger partial charge on any atom is -0.360 e. The highest BCUT2D eigenvalue weighted by Crippen LogP contribution is 2.17. The van der Waals surface area contributed by atoms with E-state index in [-0.39, 0.29) is 0 Å². The second-order valence-corrected chi connectivity index (χ2v) is 6.29. The summed E-state index contributed by atoms with van der Waals surface area (Å²) in [6, 6.07) is 3.28. The molecular weight excluding hydrogens is 252 g/mol. The van der Waals surface area contributed by atoms with Gasteiger partial charge in [-0.3, -0.25) is 4.90 Å². The predicted octanol–water partition coefficient (Wildman–Crippen LogP) is 1.70. The lowest BCUT2D eigenvalue weighted by atomic mass is 10.0. The lowest BCUT2D eigenvalue weighted by molar-refractivity contribution is 0.131. The highest BCUT2D eigenvalue weighted by atomic mass is 16.5. The van der Waals surface area contributed by atoms with Crippen molar-refractivity contribution in [2.75, 3.05) is 27.2 Å². The van der Waals surface area contributed by atoms with Gasteiger partial charge < -0.3 is 14.7 Å². The van der Waals surface area contributed by atoms with E-state index in [1.54, 1.807) is 0 Å². The molecule has 0 spiro atoms. The van der Waals surface area contributed by atoms with E-state index in [2.05, 4.69) is 54.3 Å². The van der Waals surface area contributed by atoms with Gasteiger partial charge >= 0.3 is 0 Å². The maximum Gasteiger partial charge on any atom is 0.151 e. The number of rotatable bonds is 6. The summed E-state index contributed by atoms with van der Waals surface area (Å²) in [6.45, 7) is 8.22. The zero-order valence-corrected chi connectivity index (χ0v) is 13.2. The Labute approximate surface area is 122 Å². The lowest BCUT2D eigenvalue weighted by Gasteiger charge is -2.34. The molecule has 0 saturated carbocycles. The van der Waals surface area contributed by atoms with E-state index in [0.717, 1.165) is 43.7 Å². The quantitative estimate of drug-likeness (QED) is 0.859. The Bertz CT molecular complexity index is 394. The van der Waals surface area contributed by atoms with Gasteiger partial charge in [-0.25, -0.2) is 0 Å². The Balaban J connectivity index is 1.77. The second-order valence-electron chi connectivity index (χ2n) is 6.29. The highest BCUT2D eigenvalue weighted by molar-refractivity contribution is 5.05. The van der Waals surface area contributed by atoms with E-state index in [0.29, 0.717) is 6.04 Å². The summed E-state index contributed by atoms with van der Waals surface area (Å²) >= 11 is 0. The molecule has 0 radical (unpaired) electrons. The molecule has 5 heteroatoms. The van der Waals surface area contributed by atoms with E-state index in [1.165, 1.54) is 12.8 Å². The maximum absolute atomic E-state index is 5.43. The van der Waals surface area contributed by atoms with Crippen LogP contribution in [0.3, 0.4) is 0 Å². The molecule has 0 unspecified atom stereocenters. The van der Waals surface area contributed by atoms with Crippen molar-refractivity contribution < 1.29 is 4.52 Å². The summed E-state index contributed by atoms with van der Waals surface area (Å²) in [5, 5.41) is 7.48. The first-order valence-corrected chi connectivity index (χ1v) is 7.61. The third kappa shape index (κ3) is 4.58. The van der Waals surface area contributed by atoms with Crippen LogP contribution in [0.15, 0.2) is 10.6 Å². The Morgan fingerprint density at radius 1 is 1.40 bits per heavy atom. The van der Waals surface area contributed by atoms with Crippen LogP contribution in [0.25, 0.3) is 0 Å². The van der Waals surface area contributed by atoms with Crippen LogP contribution >= 0.6 is 0 Å². The first-order chi connectivity index (χ1) is 9.54. The zero-order chi connectivity index (χ0) is 14.5. The van der Waals surface area contributed by atoms with Gasteiger partial charge in [-0.05, 0) is 26.9 Å². The molecule has 1 aromatic heterocycles. The Kier molecular flexibility index (Phi) is 5.57. The third-order valence-corrected chi connectivity index (χ3v) is 3.97. The Hall–Kier alpha value is -0.910. The molecule has 2 rings (SSSR count). The van der Waals surface area contributed by atoms with Crippen molar-refractivity contribution in [1.29, 1.82) is 0 Å². The van der Waals surface area contributed by atoms with Crippen molar-refractivity contribution in [3.8, 4) is 0 Å². The van der Waals surface area contributed by atoms with Crippen LogP contribution < -0.4 is 5.32 Å². The van der Waals surface area contributed by atoms with E-state index >= 15 is 0 Å². The standard InChI is InChI=1S/C15H28N4O/c1-12(2)16-10-13-9-15(20-17-13)11-19-7-5-14(6-8-19)18(3)4/h9,12,14,16H,5-8,10-11H2,1-4H3. The normalized spacial score (nSPS) is 18.3. The van der Waals surface area contributed by atoms with Gasteiger partial charge in [0.1, 0.15) is 0 Å². The SMILES string of the molecule is CC(C)NCc1cc(CN2CCC(N(C)C)CC2)on1. The van der Waals surface area contributed by atoms with Crippen molar-refractivity contribution in [1.82, 2.24) is 20.3 Å². The zero-order valence-electron chi connectivity index (χ0n) is 13.2. The molecular formula is C15H28N4O. The first kappa shape index (κ1) is 15.5. The summed E-state index contributed by atoms with van der Waals surface area (Å²) in [6.07, 6.45) is 2.48. The molecule has 1 N–H and O–H groups in total. The maximum atomic E-state index is 5.43. The van der Waals surface area contributed by atoms with Gasteiger partial charge in [-0.2, -0.15) is 0 Å². The molecule has 2 heterocycles. The molecule has 0 amide bonds. The largest absolute Gasteiger partial charge is 0.360 e. The lowest BCUT2D eigenvalue weighted by Crippen LogP contribution is -2.41. The number of piperidine rings is 1. The van der Waals surface area contributed by atoms with Gasteiger partial charge in [0.2, 0.25) is 0 Å². The number of hydrogen-bond donors (Lipinski definition) is 1. The van der Waals surface area contributed by atoms with Crippen molar-refractivity contribution >= 4 is 0 Å². The van der Waals surface area contributed by atoms with E-state index in [9.17, 15) is 0 Å². The van der Waals surface area contributed by atoms with Crippen LogP contribution in [0.4, 0.5) is 0 Å². The van der Waals surface area contributed by atoms with Crippen LogP contribution in [0.2, 0.25) is 0 Å². The molecule has 0 aliphatic carbocycles. The molecule has 0 aromatic carbocycles. The van der Waals surface area contributed by atoms with Gasteiger partial charge in [0.05, 0.1) is 12.2 Å². The molecule has 114 valence electrons. The topological polar surface area (TPSA) is 44.5 Å². The smallest absolute Gasteiger partial charge is 0.151 e. The number of aromatic nitrogens is 1. The summed E-state index contributed by atoms with van der Waals surface area (Å²) in [7, 11) is 4.34. The molecule has 0 atom stereocenters. The first-order valence-electron chi connectivity index (χ1n) is 7.61. The summed E-state index contributed by atoms with van der Waals surface area (Å²) in [5.74, 6) is 0.980. The average molecular weight is 280 g/mol. The summed E-state index contributed by atoms with van der Waals surface area (Å²) in [5.41, 5.74) is 0.997. The number of nitrogens with zero attached hydrogens (tertiary/aromatic N) is 3. The third-order valence-electron chi connectivity index (χ3n) is 3.97. The molecule has 1 fully saturated rings. The van der Waals surface area contributed by atoms with Gasteiger partial charge in [0, 0.05) is 37.8 Å². The molecule has 1 saturated heterocycles. The Morgan fingerprint density at radius 2 is 2.10 bits per heavy atom. The number of likely N-dealkylation sites (tertiary alicyclic amines) is 1. The second kappa shape index (κ2) is 7.20. The monoisotopic (exact) mass is 280 g/mol. The molecule has 20 heavy (non-hydrogen) atoms. The van der Waals surface area contributed by atoms with Crippen LogP contribution in [0.1, 0.15) is 38.1 Å². The van der Waals surface area contributed by atoms with Crippen LogP contribution in [0.5, 0.6) is 0 Å². The van der Waals surface area contributed by atoms with Crippen LogP contribution in [-0.4, -0.2) is 54.2 Å². The van der Waals surface area contributed by atoms with Gasteiger partial charge in [-0.1, -0.05) is 19.0 Å². The fraction of sp³-hybridized carbons (Fsp3) is 0.800. The average Bonchev–Trinajstić information content (AvgIpc) is 2.84. The minimum atomic E-state index is 0.472. The van der Waals surface area contributed by atoms with Crippen LogP contribution in [-0.2, 0) is 13.1 Å². The molecule has 5 nitrogen and oxygen atoms in total. The van der Waals surface area contributed by atoms with E-state index < -0.39 is 0 Å². The van der Waals surface area contributed by atoms with Crippen molar-refractivity contribution in [3.63, 3.8) is 0 Å².